The fourth-order valence-electron chi connectivity index (χ4n) is 0.0182. The summed E-state index contributed by atoms with van der Waals surface area (Å²) in [5.74, 6) is 0. The van der Waals surface area contributed by atoms with Crippen molar-refractivity contribution in [2.24, 2.45) is 0 Å². The number of rotatable bonds is 2. The summed E-state index contributed by atoms with van der Waals surface area (Å²) in [6, 6.07) is 0. The van der Waals surface area contributed by atoms with Crippen LogP contribution >= 0.6 is 0 Å². The van der Waals surface area contributed by atoms with Crippen LogP contribution in [0.1, 0.15) is 0 Å². The molecule has 0 aliphatic carbocycles. The third-order valence-electron chi connectivity index (χ3n) is 0.0927. The molecule has 0 N–H and O–H groups in total. The first kappa shape index (κ1) is 4.40. The van der Waals surface area contributed by atoms with E-state index < -0.39 is 0 Å². The van der Waals surface area contributed by atoms with Gasteiger partial charge in [-0.3, -0.25) is 0 Å². The van der Waals surface area contributed by atoms with E-state index in [0.29, 0.717) is 0 Å². The fourth-order valence-corrected chi connectivity index (χ4v) is 0.0182. The lowest BCUT2D eigenvalue weighted by Gasteiger charge is -1.71. The van der Waals surface area contributed by atoms with Gasteiger partial charge in [0.25, 0.3) is 0 Å². The Labute approximate surface area is 28.5 Å². The second-order valence-corrected chi connectivity index (χ2v) is 0.290. The first-order valence-electron chi connectivity index (χ1n) is 0.862. The molecule has 0 aromatic carbocycles. The maximum absolute atomic E-state index is 10.4. The van der Waals surface area contributed by atoms with Gasteiger partial charge in [-0.25, -0.2) is 4.79 Å². The van der Waals surface area contributed by atoms with Crippen LogP contribution in [0.15, 0.2) is 0 Å². The van der Waals surface area contributed by atoms with Gasteiger partial charge in [-0.1, -0.05) is 0 Å². The van der Waals surface area contributed by atoms with Crippen LogP contribution in [0.4, 0.5) is 4.39 Å². The van der Waals surface area contributed by atoms with E-state index in [1.54, 1.807) is 0 Å². The van der Waals surface area contributed by atoms with E-state index in [4.69, 9.17) is 4.79 Å². The predicted octanol–water partition coefficient (Wildman–Crippen LogP) is 0.159. The van der Waals surface area contributed by atoms with Gasteiger partial charge >= 0.3 is 13.3 Å². The second kappa shape index (κ2) is 3.40. The SMILES string of the molecule is O=[C]O[CH]F. The monoisotopic (exact) mass is 76.0 g/mol. The van der Waals surface area contributed by atoms with Crippen LogP contribution < -0.4 is 0 Å². The van der Waals surface area contributed by atoms with E-state index in [-0.39, 0.29) is 6.86 Å². The Bertz CT molecular complexity index is 28.8. The summed E-state index contributed by atoms with van der Waals surface area (Å²) in [6.45, 7) is 0.594. The summed E-state index contributed by atoms with van der Waals surface area (Å²) in [6.07, 6.45) is 0. The van der Waals surface area contributed by atoms with E-state index in [1.165, 1.54) is 0 Å². The standard InChI is InChI=1S/C2HFO2/c3-1-5-2-4/h1H. The van der Waals surface area contributed by atoms with E-state index in [9.17, 15) is 4.39 Å². The van der Waals surface area contributed by atoms with Crippen molar-refractivity contribution in [2.75, 3.05) is 0 Å². The highest BCUT2D eigenvalue weighted by atomic mass is 19.1. The van der Waals surface area contributed by atoms with Crippen molar-refractivity contribution in [2.45, 2.75) is 0 Å². The molecule has 28 valence electrons. The zero-order valence-corrected chi connectivity index (χ0v) is 2.27. The maximum atomic E-state index is 10.4. The molecular formula is C2HFO2. The molecule has 0 saturated carbocycles. The zero-order valence-electron chi connectivity index (χ0n) is 2.27. The molecule has 0 amide bonds. The number of hydrogen-bond acceptors (Lipinski definition) is 2. The van der Waals surface area contributed by atoms with Gasteiger partial charge in [-0.2, -0.15) is 4.39 Å². The molecule has 2 nitrogen and oxygen atoms in total. The van der Waals surface area contributed by atoms with E-state index in [2.05, 4.69) is 4.74 Å². The molecule has 5 heavy (non-hydrogen) atoms. The number of hydrogen-bond donors (Lipinski definition) is 0. The minimum absolute atomic E-state index is 0.243. The largest absolute Gasteiger partial charge is 0.420 e. The summed E-state index contributed by atoms with van der Waals surface area (Å²) < 4.78 is 13.6. The topological polar surface area (TPSA) is 26.3 Å². The summed E-state index contributed by atoms with van der Waals surface area (Å²) in [7, 11) is 0. The minimum atomic E-state index is -0.243. The highest BCUT2D eigenvalue weighted by molar-refractivity contribution is 5.38. The number of ether oxygens (including phenoxy) is 1. The van der Waals surface area contributed by atoms with Crippen LogP contribution in [-0.4, -0.2) is 6.47 Å². The summed E-state index contributed by atoms with van der Waals surface area (Å²) in [5, 5.41) is 0. The average Bonchev–Trinajstić information content (AvgIpc) is 1.41. The molecule has 0 aromatic rings. The molecule has 0 heterocycles. The van der Waals surface area contributed by atoms with Crippen LogP contribution in [0.5, 0.6) is 0 Å². The number of carbonyl (C=O) groups excluding carboxylic acids is 1. The fraction of sp³-hybridized carbons (Fsp3) is 0. The third kappa shape index (κ3) is 3.40. The van der Waals surface area contributed by atoms with Crippen molar-refractivity contribution < 1.29 is 13.9 Å². The lowest BCUT2D eigenvalue weighted by Crippen LogP contribution is -1.71. The summed E-state index contributed by atoms with van der Waals surface area (Å²) in [5.41, 5.74) is 0. The van der Waals surface area contributed by atoms with Crippen molar-refractivity contribution in [1.82, 2.24) is 0 Å². The lowest BCUT2D eigenvalue weighted by molar-refractivity contribution is 0.257. The van der Waals surface area contributed by atoms with Crippen molar-refractivity contribution in [3.63, 3.8) is 0 Å². The van der Waals surface area contributed by atoms with E-state index in [0.717, 1.165) is 6.47 Å². The summed E-state index contributed by atoms with van der Waals surface area (Å²) in [4.78, 5) is 8.79. The van der Waals surface area contributed by atoms with Crippen molar-refractivity contribution in [3.05, 3.63) is 6.86 Å². The first-order valence-corrected chi connectivity index (χ1v) is 0.862. The van der Waals surface area contributed by atoms with Gasteiger partial charge in [0.05, 0.1) is 0 Å². The van der Waals surface area contributed by atoms with Gasteiger partial charge in [0.1, 0.15) is 0 Å². The number of halogens is 1. The Balaban J connectivity index is 2.40. The molecule has 0 fully saturated rings. The molecule has 0 aromatic heterocycles. The molecule has 0 atom stereocenters. The minimum Gasteiger partial charge on any atom is -0.415 e. The normalized spacial score (nSPS) is 6.60. The predicted molar refractivity (Wildman–Crippen MR) is 12.2 cm³/mol. The van der Waals surface area contributed by atoms with Crippen molar-refractivity contribution in [1.29, 1.82) is 0 Å². The Hall–Kier alpha value is -0.600. The van der Waals surface area contributed by atoms with Gasteiger partial charge in [0.15, 0.2) is 0 Å². The van der Waals surface area contributed by atoms with E-state index >= 15 is 0 Å². The van der Waals surface area contributed by atoms with Crippen LogP contribution in [-0.2, 0) is 9.53 Å². The second-order valence-electron chi connectivity index (χ2n) is 0.290. The zero-order chi connectivity index (χ0) is 4.12. The van der Waals surface area contributed by atoms with Crippen LogP contribution in [0.2, 0.25) is 0 Å². The molecule has 0 bridgehead atoms. The van der Waals surface area contributed by atoms with Crippen LogP contribution in [0.25, 0.3) is 0 Å². The van der Waals surface area contributed by atoms with Crippen molar-refractivity contribution >= 4 is 6.47 Å². The van der Waals surface area contributed by atoms with Gasteiger partial charge in [0.2, 0.25) is 0 Å². The van der Waals surface area contributed by atoms with Gasteiger partial charge in [0, 0.05) is 0 Å². The smallest absolute Gasteiger partial charge is 0.415 e. The average molecular weight is 76.0 g/mol. The molecule has 0 aliphatic rings. The molecule has 0 saturated heterocycles. The van der Waals surface area contributed by atoms with Crippen molar-refractivity contribution in [3.8, 4) is 0 Å². The van der Waals surface area contributed by atoms with Gasteiger partial charge in [-0.05, 0) is 0 Å². The molecule has 0 rings (SSSR count). The molecule has 0 spiro atoms. The maximum Gasteiger partial charge on any atom is 0.420 e. The summed E-state index contributed by atoms with van der Waals surface area (Å²) >= 11 is 0. The quantitative estimate of drug-likeness (QED) is 0.468. The Kier molecular flexibility index (Phi) is 2.99. The highest BCUT2D eigenvalue weighted by Gasteiger charge is 1.71. The molecule has 0 unspecified atom stereocenters. The molecule has 3 heteroatoms. The van der Waals surface area contributed by atoms with Gasteiger partial charge in [-0.15, -0.1) is 0 Å². The van der Waals surface area contributed by atoms with E-state index in [1.807, 2.05) is 0 Å². The third-order valence-corrected chi connectivity index (χ3v) is 0.0927. The van der Waals surface area contributed by atoms with Crippen LogP contribution in [0.3, 0.4) is 0 Å². The van der Waals surface area contributed by atoms with Crippen LogP contribution in [0, 0.1) is 6.86 Å². The Morgan fingerprint density at radius 1 is 2.00 bits per heavy atom. The highest BCUT2D eigenvalue weighted by Crippen LogP contribution is 1.71. The molecule has 0 aliphatic heterocycles. The Morgan fingerprint density at radius 2 is 2.60 bits per heavy atom. The molecular weight excluding hydrogens is 75.0 g/mol. The Morgan fingerprint density at radius 3 is 2.60 bits per heavy atom. The van der Waals surface area contributed by atoms with Gasteiger partial charge < -0.3 is 4.74 Å². The molecule has 2 radical (unpaired) electrons. The first-order chi connectivity index (χ1) is 2.41. The lowest BCUT2D eigenvalue weighted by atomic mass is 11.5.